The molecule has 0 fully saturated rings. The van der Waals surface area contributed by atoms with E-state index < -0.39 is 5.41 Å². The zero-order valence-corrected chi connectivity index (χ0v) is 41.7. The Bertz CT molecular complexity index is 4320. The number of nitrogens with zero attached hydrogens (tertiary/aromatic N) is 1. The van der Waals surface area contributed by atoms with Gasteiger partial charge in [-0.2, -0.15) is 0 Å². The van der Waals surface area contributed by atoms with E-state index in [1.807, 2.05) is 0 Å². The first-order chi connectivity index (χ1) is 37.7. The molecule has 0 saturated heterocycles. The molecule has 0 aromatic heterocycles. The molecule has 76 heavy (non-hydrogen) atoms. The van der Waals surface area contributed by atoms with Crippen LogP contribution in [0.1, 0.15) is 22.3 Å². The van der Waals surface area contributed by atoms with Gasteiger partial charge in [0, 0.05) is 22.3 Å². The topological polar surface area (TPSA) is 3.24 Å². The second kappa shape index (κ2) is 17.7. The van der Waals surface area contributed by atoms with Gasteiger partial charge in [0.05, 0.1) is 11.1 Å². The molecule has 1 nitrogen and oxygen atoms in total. The predicted octanol–water partition coefficient (Wildman–Crippen LogP) is 20.1. The summed E-state index contributed by atoms with van der Waals surface area (Å²) in [4.78, 5) is 2.59. The lowest BCUT2D eigenvalue weighted by Crippen LogP contribution is -2.26. The molecule has 13 aromatic rings. The third-order valence-corrected chi connectivity index (χ3v) is 16.3. The first kappa shape index (κ1) is 43.7. The number of rotatable bonds is 8. The van der Waals surface area contributed by atoms with Crippen LogP contribution >= 0.6 is 0 Å². The van der Waals surface area contributed by atoms with Crippen molar-refractivity contribution in [3.63, 3.8) is 0 Å². The second-order valence-electron chi connectivity index (χ2n) is 20.3. The molecule has 0 bridgehead atoms. The van der Waals surface area contributed by atoms with Crippen LogP contribution in [-0.4, -0.2) is 0 Å². The summed E-state index contributed by atoms with van der Waals surface area (Å²) in [5.41, 5.74) is 25.0. The van der Waals surface area contributed by atoms with Gasteiger partial charge in [-0.1, -0.05) is 267 Å². The van der Waals surface area contributed by atoms with Crippen molar-refractivity contribution in [3.05, 3.63) is 320 Å². The van der Waals surface area contributed by atoms with Crippen molar-refractivity contribution in [2.75, 3.05) is 4.90 Å². The highest BCUT2D eigenvalue weighted by Crippen LogP contribution is 2.64. The van der Waals surface area contributed by atoms with Gasteiger partial charge in [-0.15, -0.1) is 0 Å². The minimum absolute atomic E-state index is 0.524. The Labute approximate surface area is 443 Å². The monoisotopic (exact) mass is 963 g/mol. The molecule has 0 unspecified atom stereocenters. The average molecular weight is 964 g/mol. The normalized spacial score (nSPS) is 12.6. The summed E-state index contributed by atoms with van der Waals surface area (Å²) >= 11 is 0. The zero-order chi connectivity index (χ0) is 50.2. The van der Waals surface area contributed by atoms with Crippen LogP contribution in [0.4, 0.5) is 17.1 Å². The third-order valence-electron chi connectivity index (χ3n) is 16.3. The molecule has 1 heteroatoms. The fourth-order valence-electron chi connectivity index (χ4n) is 13.0. The highest BCUT2D eigenvalue weighted by atomic mass is 15.1. The quantitative estimate of drug-likeness (QED) is 0.137. The van der Waals surface area contributed by atoms with Crippen LogP contribution in [-0.2, 0) is 5.41 Å². The largest absolute Gasteiger partial charge is 0.309 e. The van der Waals surface area contributed by atoms with Gasteiger partial charge in [0.2, 0.25) is 0 Å². The molecule has 0 saturated carbocycles. The van der Waals surface area contributed by atoms with E-state index in [1.54, 1.807) is 0 Å². The lowest BCUT2D eigenvalue weighted by atomic mass is 9.70. The molecule has 0 amide bonds. The van der Waals surface area contributed by atoms with Gasteiger partial charge in [-0.3, -0.25) is 0 Å². The number of fused-ring (bicyclic) bond motifs is 13. The highest BCUT2D eigenvalue weighted by Gasteiger charge is 2.51. The predicted molar refractivity (Wildman–Crippen MR) is 320 cm³/mol. The molecule has 2 aliphatic carbocycles. The van der Waals surface area contributed by atoms with E-state index in [0.29, 0.717) is 0 Å². The van der Waals surface area contributed by atoms with Crippen LogP contribution < -0.4 is 4.90 Å². The van der Waals surface area contributed by atoms with Crippen LogP contribution in [0, 0.1) is 0 Å². The van der Waals surface area contributed by atoms with Gasteiger partial charge in [0.25, 0.3) is 0 Å². The Morgan fingerprint density at radius 3 is 1.21 bits per heavy atom. The number of hydrogen-bond donors (Lipinski definition) is 0. The number of anilines is 3. The second-order valence-corrected chi connectivity index (χ2v) is 20.3. The van der Waals surface area contributed by atoms with Crippen molar-refractivity contribution in [3.8, 4) is 77.9 Å². The standard InChI is InChI=1S/C75H49N/c1-4-21-50(22-5-1)52-39-41-54(42-40-52)59-45-43-57(48-68(59)53-25-8-3-9-26-53)76(58-44-46-65-64-33-16-19-38-71(64)75(72(65)49-58)69-36-17-14-31-62(69)63-32-15-18-37-70(63)75)74-67-35-13-11-30-61(67)60-29-10-12-34-66(60)73(74)56-28-20-27-55(47-56)51-23-6-2-7-24-51/h1-49H. The summed E-state index contributed by atoms with van der Waals surface area (Å²) in [6.07, 6.45) is 0. The van der Waals surface area contributed by atoms with Crippen molar-refractivity contribution >= 4 is 38.6 Å². The maximum atomic E-state index is 2.59. The molecule has 15 rings (SSSR count). The van der Waals surface area contributed by atoms with E-state index in [4.69, 9.17) is 0 Å². The van der Waals surface area contributed by atoms with Crippen LogP contribution in [0.3, 0.4) is 0 Å². The molecule has 2 aliphatic rings. The summed E-state index contributed by atoms with van der Waals surface area (Å²) in [5, 5.41) is 4.82. The Morgan fingerprint density at radius 1 is 0.211 bits per heavy atom. The van der Waals surface area contributed by atoms with Gasteiger partial charge in [0.1, 0.15) is 0 Å². The lowest BCUT2D eigenvalue weighted by molar-refractivity contribution is 0.793. The van der Waals surface area contributed by atoms with Crippen LogP contribution in [0.25, 0.3) is 99.4 Å². The Hall–Kier alpha value is -9.82. The van der Waals surface area contributed by atoms with Crippen molar-refractivity contribution in [2.24, 2.45) is 0 Å². The van der Waals surface area contributed by atoms with E-state index in [2.05, 4.69) is 302 Å². The van der Waals surface area contributed by atoms with Crippen LogP contribution in [0.5, 0.6) is 0 Å². The van der Waals surface area contributed by atoms with Crippen molar-refractivity contribution < 1.29 is 0 Å². The lowest BCUT2D eigenvalue weighted by Gasteiger charge is -2.34. The molecular weight excluding hydrogens is 915 g/mol. The van der Waals surface area contributed by atoms with E-state index in [1.165, 1.54) is 105 Å². The van der Waals surface area contributed by atoms with Crippen molar-refractivity contribution in [1.29, 1.82) is 0 Å². The maximum absolute atomic E-state index is 2.59. The minimum Gasteiger partial charge on any atom is -0.309 e. The summed E-state index contributed by atoms with van der Waals surface area (Å²) in [6.45, 7) is 0. The van der Waals surface area contributed by atoms with Crippen molar-refractivity contribution in [1.82, 2.24) is 0 Å². The van der Waals surface area contributed by atoms with Gasteiger partial charge in [-0.05, 0) is 141 Å². The van der Waals surface area contributed by atoms with E-state index in [0.717, 1.165) is 33.8 Å². The molecule has 354 valence electrons. The maximum Gasteiger partial charge on any atom is 0.0726 e. The molecule has 0 heterocycles. The number of benzene rings is 13. The molecule has 0 radical (unpaired) electrons. The zero-order valence-electron chi connectivity index (χ0n) is 41.7. The third kappa shape index (κ3) is 6.72. The average Bonchev–Trinajstić information content (AvgIpc) is 4.09. The SMILES string of the molecule is c1ccc(-c2ccc(-c3ccc(N(c4ccc5c(c4)C4(c6ccccc6-c6ccccc64)c4ccccc4-5)c4c(-c5cccc(-c6ccccc6)c5)c5ccccc5c5ccccc45)cc3-c3ccccc3)cc2)cc1. The number of hydrogen-bond acceptors (Lipinski definition) is 1. The molecular formula is C75H49N. The Morgan fingerprint density at radius 2 is 0.605 bits per heavy atom. The minimum atomic E-state index is -0.524. The summed E-state index contributed by atoms with van der Waals surface area (Å²) in [6, 6.07) is 111. The van der Waals surface area contributed by atoms with Gasteiger partial charge < -0.3 is 4.90 Å². The summed E-state index contributed by atoms with van der Waals surface area (Å²) in [7, 11) is 0. The summed E-state index contributed by atoms with van der Waals surface area (Å²) in [5.74, 6) is 0. The Kier molecular flexibility index (Phi) is 10.2. The van der Waals surface area contributed by atoms with E-state index >= 15 is 0 Å². The molecule has 0 atom stereocenters. The first-order valence-electron chi connectivity index (χ1n) is 26.4. The molecule has 0 aliphatic heterocycles. The smallest absolute Gasteiger partial charge is 0.0726 e. The highest BCUT2D eigenvalue weighted by molar-refractivity contribution is 6.23. The summed E-state index contributed by atoms with van der Waals surface area (Å²) < 4.78 is 0. The van der Waals surface area contributed by atoms with Crippen LogP contribution in [0.2, 0.25) is 0 Å². The Balaban J connectivity index is 1.05. The fourth-order valence-corrected chi connectivity index (χ4v) is 13.0. The van der Waals surface area contributed by atoms with E-state index in [-0.39, 0.29) is 0 Å². The van der Waals surface area contributed by atoms with Crippen molar-refractivity contribution in [2.45, 2.75) is 5.41 Å². The van der Waals surface area contributed by atoms with Gasteiger partial charge in [-0.25, -0.2) is 0 Å². The molecule has 0 N–H and O–H groups in total. The first-order valence-corrected chi connectivity index (χ1v) is 26.4. The van der Waals surface area contributed by atoms with E-state index in [9.17, 15) is 0 Å². The van der Waals surface area contributed by atoms with Gasteiger partial charge in [0.15, 0.2) is 0 Å². The van der Waals surface area contributed by atoms with Crippen LogP contribution in [0.15, 0.2) is 297 Å². The fraction of sp³-hybridized carbons (Fsp3) is 0.0133. The molecule has 13 aromatic carbocycles. The van der Waals surface area contributed by atoms with Gasteiger partial charge >= 0.3 is 0 Å². The molecule has 1 spiro atoms.